The van der Waals surface area contributed by atoms with E-state index < -0.39 is 5.60 Å². The molecule has 1 amide bonds. The Bertz CT molecular complexity index is 660. The van der Waals surface area contributed by atoms with Crippen LogP contribution in [0.3, 0.4) is 0 Å². The maximum Gasteiger partial charge on any atom is 0.407 e. The van der Waals surface area contributed by atoms with E-state index in [-0.39, 0.29) is 23.6 Å². The predicted molar refractivity (Wildman–Crippen MR) is 89.9 cm³/mol. The minimum absolute atomic E-state index is 0.000696. The first-order valence-corrected chi connectivity index (χ1v) is 9.16. The minimum Gasteiger partial charge on any atom is -0.444 e. The molecule has 7 heteroatoms. The third kappa shape index (κ3) is 3.88. The lowest BCUT2D eigenvalue weighted by Gasteiger charge is -2.35. The maximum atomic E-state index is 12.1. The molecule has 0 unspecified atom stereocenters. The highest BCUT2D eigenvalue weighted by Crippen LogP contribution is 2.35. The number of nitrogens with zero attached hydrogens (tertiary/aromatic N) is 1. The third-order valence-corrected chi connectivity index (χ3v) is 5.08. The lowest BCUT2D eigenvalue weighted by Crippen LogP contribution is -2.46. The Labute approximate surface area is 139 Å². The number of ether oxygens (including phenoxy) is 1. The summed E-state index contributed by atoms with van der Waals surface area (Å²) < 4.78 is 5.25. The van der Waals surface area contributed by atoms with Crippen LogP contribution in [0.2, 0.25) is 0 Å². The van der Waals surface area contributed by atoms with Gasteiger partial charge in [-0.2, -0.15) is 11.8 Å². The van der Waals surface area contributed by atoms with Gasteiger partial charge in [-0.1, -0.05) is 0 Å². The number of nitrogens with one attached hydrogen (secondary N) is 2. The summed E-state index contributed by atoms with van der Waals surface area (Å²) in [6, 6.07) is 0.0896. The Hall–Kier alpha value is -1.50. The second-order valence-corrected chi connectivity index (χ2v) is 8.30. The monoisotopic (exact) mass is 337 g/mol. The quantitative estimate of drug-likeness (QED) is 0.865. The van der Waals surface area contributed by atoms with Crippen molar-refractivity contribution < 1.29 is 9.53 Å². The lowest BCUT2D eigenvalue weighted by atomic mass is 9.79. The number of aromatic amines is 1. The summed E-state index contributed by atoms with van der Waals surface area (Å²) in [4.78, 5) is 31.5. The Morgan fingerprint density at radius 2 is 2.13 bits per heavy atom. The molecule has 1 saturated carbocycles. The predicted octanol–water partition coefficient (Wildman–Crippen LogP) is 2.33. The highest BCUT2D eigenvalue weighted by Gasteiger charge is 2.34. The molecule has 0 spiro atoms. The van der Waals surface area contributed by atoms with Gasteiger partial charge in [-0.05, 0) is 45.8 Å². The number of fused-ring (bicyclic) bond motifs is 1. The SMILES string of the molecule is CC(C)(C)OC(=O)NC1CC(c2nc3c(c(=O)[nH]2)CSCC3)C1. The van der Waals surface area contributed by atoms with Gasteiger partial charge in [0.05, 0.1) is 5.69 Å². The summed E-state index contributed by atoms with van der Waals surface area (Å²) in [5, 5.41) is 2.87. The van der Waals surface area contributed by atoms with E-state index >= 15 is 0 Å². The van der Waals surface area contributed by atoms with E-state index in [1.54, 1.807) is 11.8 Å². The van der Waals surface area contributed by atoms with Gasteiger partial charge in [0, 0.05) is 23.3 Å². The van der Waals surface area contributed by atoms with E-state index in [9.17, 15) is 9.59 Å². The third-order valence-electron chi connectivity index (χ3n) is 4.09. The molecule has 23 heavy (non-hydrogen) atoms. The molecule has 1 aliphatic carbocycles. The van der Waals surface area contributed by atoms with Crippen molar-refractivity contribution in [1.29, 1.82) is 0 Å². The lowest BCUT2D eigenvalue weighted by molar-refractivity contribution is 0.0469. The van der Waals surface area contributed by atoms with E-state index in [2.05, 4.69) is 15.3 Å². The molecule has 2 heterocycles. The smallest absolute Gasteiger partial charge is 0.407 e. The normalized spacial score (nSPS) is 23.6. The second-order valence-electron chi connectivity index (χ2n) is 7.19. The van der Waals surface area contributed by atoms with Crippen LogP contribution in [0.4, 0.5) is 4.79 Å². The van der Waals surface area contributed by atoms with Crippen molar-refractivity contribution in [2.24, 2.45) is 0 Å². The minimum atomic E-state index is -0.490. The zero-order valence-electron chi connectivity index (χ0n) is 13.8. The van der Waals surface area contributed by atoms with Crippen LogP contribution >= 0.6 is 11.8 Å². The number of rotatable bonds is 2. The van der Waals surface area contributed by atoms with Gasteiger partial charge in [0.1, 0.15) is 11.4 Å². The molecule has 2 aliphatic rings. The van der Waals surface area contributed by atoms with Gasteiger partial charge in [0.2, 0.25) is 0 Å². The van der Waals surface area contributed by atoms with Crippen LogP contribution in [0, 0.1) is 0 Å². The fraction of sp³-hybridized carbons (Fsp3) is 0.688. The molecule has 0 atom stereocenters. The number of carbonyl (C=O) groups is 1. The summed E-state index contributed by atoms with van der Waals surface area (Å²) >= 11 is 1.78. The Morgan fingerprint density at radius 1 is 1.39 bits per heavy atom. The van der Waals surface area contributed by atoms with Crippen LogP contribution in [0.15, 0.2) is 4.79 Å². The highest BCUT2D eigenvalue weighted by molar-refractivity contribution is 7.98. The Kier molecular flexibility index (Phi) is 4.40. The van der Waals surface area contributed by atoms with Crippen LogP contribution in [-0.2, 0) is 16.9 Å². The van der Waals surface area contributed by atoms with Crippen LogP contribution in [0.1, 0.15) is 56.6 Å². The van der Waals surface area contributed by atoms with Crippen LogP contribution in [0.25, 0.3) is 0 Å². The summed E-state index contributed by atoms with van der Waals surface area (Å²) in [7, 11) is 0. The summed E-state index contributed by atoms with van der Waals surface area (Å²) in [5.41, 5.74) is 1.29. The summed E-state index contributed by atoms with van der Waals surface area (Å²) in [6.45, 7) is 5.53. The molecular formula is C16H23N3O3S. The van der Waals surface area contributed by atoms with Gasteiger partial charge < -0.3 is 15.0 Å². The van der Waals surface area contributed by atoms with Crippen molar-refractivity contribution in [3.8, 4) is 0 Å². The van der Waals surface area contributed by atoms with Crippen molar-refractivity contribution in [2.45, 2.75) is 63.3 Å². The first-order valence-electron chi connectivity index (χ1n) is 8.01. The van der Waals surface area contributed by atoms with Gasteiger partial charge in [0.25, 0.3) is 5.56 Å². The van der Waals surface area contributed by atoms with E-state index in [1.807, 2.05) is 20.8 Å². The molecule has 0 bridgehead atoms. The largest absolute Gasteiger partial charge is 0.444 e. The number of aromatic nitrogens is 2. The second kappa shape index (κ2) is 6.19. The number of thioether (sulfide) groups is 1. The molecule has 3 rings (SSSR count). The van der Waals surface area contributed by atoms with Crippen molar-refractivity contribution in [2.75, 3.05) is 5.75 Å². The van der Waals surface area contributed by atoms with Gasteiger partial charge in [0.15, 0.2) is 0 Å². The van der Waals surface area contributed by atoms with Crippen LogP contribution in [0.5, 0.6) is 0 Å². The van der Waals surface area contributed by atoms with E-state index in [0.29, 0.717) is 0 Å². The van der Waals surface area contributed by atoms with Crippen molar-refractivity contribution >= 4 is 17.9 Å². The number of H-pyrrole nitrogens is 1. The summed E-state index contributed by atoms with van der Waals surface area (Å²) in [5.74, 6) is 2.76. The maximum absolute atomic E-state index is 12.1. The highest BCUT2D eigenvalue weighted by atomic mass is 32.2. The average molecular weight is 337 g/mol. The molecule has 1 aromatic heterocycles. The Morgan fingerprint density at radius 3 is 2.83 bits per heavy atom. The Balaban J connectivity index is 1.58. The average Bonchev–Trinajstić information content (AvgIpc) is 2.40. The van der Waals surface area contributed by atoms with Crippen molar-refractivity contribution in [3.05, 3.63) is 27.4 Å². The summed E-state index contributed by atoms with van der Waals surface area (Å²) in [6.07, 6.45) is 2.05. The topological polar surface area (TPSA) is 84.1 Å². The fourth-order valence-corrected chi connectivity index (χ4v) is 3.87. The molecule has 0 aromatic carbocycles. The van der Waals surface area contributed by atoms with Gasteiger partial charge in [-0.3, -0.25) is 4.79 Å². The molecule has 0 radical (unpaired) electrons. The van der Waals surface area contributed by atoms with Crippen LogP contribution in [-0.4, -0.2) is 33.5 Å². The standard InChI is InChI=1S/C16H23N3O3S/c1-16(2,3)22-15(21)17-10-6-9(7-10)13-18-12-4-5-23-8-11(12)14(20)19-13/h9-10H,4-8H2,1-3H3,(H,17,21)(H,18,19,20). The van der Waals surface area contributed by atoms with Crippen molar-refractivity contribution in [3.63, 3.8) is 0 Å². The molecule has 2 N–H and O–H groups in total. The first-order chi connectivity index (χ1) is 10.8. The van der Waals surface area contributed by atoms with Gasteiger partial charge in [-0.25, -0.2) is 9.78 Å². The van der Waals surface area contributed by atoms with E-state index in [1.165, 1.54) is 0 Å². The molecular weight excluding hydrogens is 314 g/mol. The molecule has 1 aromatic rings. The number of aryl methyl sites for hydroxylation is 1. The number of alkyl carbamates (subject to hydrolysis) is 1. The van der Waals surface area contributed by atoms with Crippen LogP contribution < -0.4 is 10.9 Å². The number of amides is 1. The van der Waals surface area contributed by atoms with E-state index in [0.717, 1.165) is 47.8 Å². The number of hydrogen-bond donors (Lipinski definition) is 2. The van der Waals surface area contributed by atoms with Gasteiger partial charge in [-0.15, -0.1) is 0 Å². The molecule has 1 aliphatic heterocycles. The number of hydrogen-bond acceptors (Lipinski definition) is 5. The van der Waals surface area contributed by atoms with E-state index in [4.69, 9.17) is 4.74 Å². The molecule has 6 nitrogen and oxygen atoms in total. The zero-order valence-corrected chi connectivity index (χ0v) is 14.6. The van der Waals surface area contributed by atoms with Gasteiger partial charge >= 0.3 is 6.09 Å². The number of carbonyl (C=O) groups excluding carboxylic acids is 1. The molecule has 0 saturated heterocycles. The first kappa shape index (κ1) is 16.4. The molecule has 1 fully saturated rings. The van der Waals surface area contributed by atoms with Crippen molar-refractivity contribution in [1.82, 2.24) is 15.3 Å². The zero-order chi connectivity index (χ0) is 16.6. The molecule has 126 valence electrons. The fourth-order valence-electron chi connectivity index (χ4n) is 2.89.